The third-order valence-corrected chi connectivity index (χ3v) is 2.74. The Hall–Kier alpha value is -2.78. The molecule has 2 rings (SSSR count). The fourth-order valence-electron chi connectivity index (χ4n) is 1.82. The van der Waals surface area contributed by atoms with Crippen LogP contribution in [0.3, 0.4) is 0 Å². The number of azide groups is 1. The summed E-state index contributed by atoms with van der Waals surface area (Å²) in [6.07, 6.45) is 0. The van der Waals surface area contributed by atoms with Crippen LogP contribution in [0.4, 0.5) is 0 Å². The number of benzene rings is 2. The fourth-order valence-corrected chi connectivity index (χ4v) is 1.82. The molecule has 0 aliphatic heterocycles. The highest BCUT2D eigenvalue weighted by Gasteiger charge is 2.10. The summed E-state index contributed by atoms with van der Waals surface area (Å²) >= 11 is 0. The van der Waals surface area contributed by atoms with Gasteiger partial charge in [0.2, 0.25) is 0 Å². The van der Waals surface area contributed by atoms with Crippen molar-refractivity contribution in [1.29, 1.82) is 0 Å². The molecule has 0 amide bonds. The maximum absolute atomic E-state index is 11.1. The fraction of sp³-hybridized carbons (Fsp3) is 0.0714. The largest absolute Gasteiger partial charge is 0.478 e. The molecule has 0 saturated carbocycles. The summed E-state index contributed by atoms with van der Waals surface area (Å²) in [6.45, 7) is 0.289. The van der Waals surface area contributed by atoms with Crippen LogP contribution in [0.2, 0.25) is 0 Å². The van der Waals surface area contributed by atoms with Gasteiger partial charge in [-0.15, -0.1) is 0 Å². The van der Waals surface area contributed by atoms with Crippen molar-refractivity contribution in [2.45, 2.75) is 6.54 Å². The normalized spacial score (nSPS) is 9.68. The standard InChI is InChI=1S/C14H11N3O2/c15-17-16-9-10-5-7-11(8-6-10)12-3-1-2-4-13(12)14(18)19/h1-8H,9H2,(H,18,19). The zero-order valence-corrected chi connectivity index (χ0v) is 10.0. The van der Waals surface area contributed by atoms with Crippen molar-refractivity contribution in [2.24, 2.45) is 5.11 Å². The Bertz CT molecular complexity index is 644. The van der Waals surface area contributed by atoms with Gasteiger partial charge >= 0.3 is 5.97 Å². The van der Waals surface area contributed by atoms with Crippen LogP contribution in [0, 0.1) is 0 Å². The average Bonchev–Trinajstić information content (AvgIpc) is 2.45. The lowest BCUT2D eigenvalue weighted by Crippen LogP contribution is -1.98. The number of nitrogens with zero attached hydrogens (tertiary/aromatic N) is 3. The topological polar surface area (TPSA) is 86.1 Å². The van der Waals surface area contributed by atoms with Gasteiger partial charge in [-0.2, -0.15) is 0 Å². The van der Waals surface area contributed by atoms with E-state index in [0.717, 1.165) is 11.1 Å². The molecule has 0 saturated heterocycles. The van der Waals surface area contributed by atoms with Gasteiger partial charge in [0.05, 0.1) is 12.1 Å². The van der Waals surface area contributed by atoms with Gasteiger partial charge in [-0.1, -0.05) is 47.6 Å². The zero-order valence-electron chi connectivity index (χ0n) is 10.0. The van der Waals surface area contributed by atoms with Crippen molar-refractivity contribution < 1.29 is 9.90 Å². The smallest absolute Gasteiger partial charge is 0.336 e. The lowest BCUT2D eigenvalue weighted by molar-refractivity contribution is 0.0697. The van der Waals surface area contributed by atoms with Gasteiger partial charge in [0.15, 0.2) is 0 Å². The van der Waals surface area contributed by atoms with Crippen molar-refractivity contribution in [1.82, 2.24) is 0 Å². The minimum atomic E-state index is -0.950. The Labute approximate surface area is 109 Å². The highest BCUT2D eigenvalue weighted by molar-refractivity contribution is 5.95. The molecule has 1 N–H and O–H groups in total. The predicted octanol–water partition coefficient (Wildman–Crippen LogP) is 3.86. The monoisotopic (exact) mass is 253 g/mol. The van der Waals surface area contributed by atoms with Gasteiger partial charge in [-0.3, -0.25) is 0 Å². The molecular weight excluding hydrogens is 242 g/mol. The first-order valence-electron chi connectivity index (χ1n) is 5.65. The Morgan fingerprint density at radius 2 is 1.84 bits per heavy atom. The molecule has 0 atom stereocenters. The molecule has 0 aliphatic carbocycles. The highest BCUT2D eigenvalue weighted by atomic mass is 16.4. The first-order chi connectivity index (χ1) is 9.22. The Kier molecular flexibility index (Phi) is 3.81. The zero-order chi connectivity index (χ0) is 13.7. The van der Waals surface area contributed by atoms with Crippen LogP contribution in [0.5, 0.6) is 0 Å². The molecule has 0 unspecified atom stereocenters. The van der Waals surface area contributed by atoms with Crippen molar-refractivity contribution in [3.63, 3.8) is 0 Å². The molecule has 19 heavy (non-hydrogen) atoms. The van der Waals surface area contributed by atoms with Gasteiger partial charge in [0.25, 0.3) is 0 Å². The molecule has 0 spiro atoms. The Morgan fingerprint density at radius 1 is 1.16 bits per heavy atom. The minimum Gasteiger partial charge on any atom is -0.478 e. The quantitative estimate of drug-likeness (QED) is 0.509. The lowest BCUT2D eigenvalue weighted by atomic mass is 9.99. The number of hydrogen-bond donors (Lipinski definition) is 1. The summed E-state index contributed by atoms with van der Waals surface area (Å²) in [5.41, 5.74) is 10.9. The van der Waals surface area contributed by atoms with Gasteiger partial charge in [0, 0.05) is 4.91 Å². The maximum atomic E-state index is 11.1. The summed E-state index contributed by atoms with van der Waals surface area (Å²) in [5, 5.41) is 12.6. The summed E-state index contributed by atoms with van der Waals surface area (Å²) in [4.78, 5) is 13.8. The molecule has 0 bridgehead atoms. The van der Waals surface area contributed by atoms with Gasteiger partial charge in [-0.05, 0) is 28.3 Å². The van der Waals surface area contributed by atoms with E-state index in [2.05, 4.69) is 10.0 Å². The molecule has 0 aliphatic rings. The summed E-state index contributed by atoms with van der Waals surface area (Å²) in [7, 11) is 0. The third-order valence-electron chi connectivity index (χ3n) is 2.74. The van der Waals surface area contributed by atoms with E-state index in [1.807, 2.05) is 24.3 Å². The van der Waals surface area contributed by atoms with Crippen LogP contribution in [0.25, 0.3) is 21.6 Å². The van der Waals surface area contributed by atoms with Crippen molar-refractivity contribution >= 4 is 5.97 Å². The summed E-state index contributed by atoms with van der Waals surface area (Å²) < 4.78 is 0. The summed E-state index contributed by atoms with van der Waals surface area (Å²) in [5.74, 6) is -0.950. The van der Waals surface area contributed by atoms with E-state index in [0.29, 0.717) is 5.56 Å². The third kappa shape index (κ3) is 2.91. The molecule has 2 aromatic rings. The van der Waals surface area contributed by atoms with Crippen molar-refractivity contribution in [2.75, 3.05) is 0 Å². The van der Waals surface area contributed by atoms with Crippen LogP contribution in [0.1, 0.15) is 15.9 Å². The number of carbonyl (C=O) groups is 1. The van der Waals surface area contributed by atoms with Crippen LogP contribution < -0.4 is 0 Å². The molecule has 0 radical (unpaired) electrons. The lowest BCUT2D eigenvalue weighted by Gasteiger charge is -2.06. The number of carboxylic acids is 1. The van der Waals surface area contributed by atoms with Gasteiger partial charge in [-0.25, -0.2) is 4.79 Å². The van der Waals surface area contributed by atoms with E-state index in [9.17, 15) is 4.79 Å². The number of hydrogen-bond acceptors (Lipinski definition) is 2. The van der Waals surface area contributed by atoms with Gasteiger partial charge < -0.3 is 5.11 Å². The van der Waals surface area contributed by atoms with Crippen molar-refractivity contribution in [3.8, 4) is 11.1 Å². The van der Waals surface area contributed by atoms with Crippen LogP contribution in [0.15, 0.2) is 53.6 Å². The number of carboxylic acid groups (broad SMARTS) is 1. The molecule has 0 aromatic heterocycles. The summed E-state index contributed by atoms with van der Waals surface area (Å²) in [6, 6.07) is 14.1. The van der Waals surface area contributed by atoms with Crippen molar-refractivity contribution in [3.05, 3.63) is 70.1 Å². The molecule has 2 aromatic carbocycles. The van der Waals surface area contributed by atoms with Crippen LogP contribution in [-0.4, -0.2) is 11.1 Å². The first-order valence-corrected chi connectivity index (χ1v) is 5.65. The van der Waals surface area contributed by atoms with Gasteiger partial charge in [0.1, 0.15) is 0 Å². The van der Waals surface area contributed by atoms with E-state index in [-0.39, 0.29) is 12.1 Å². The van der Waals surface area contributed by atoms with E-state index < -0.39 is 5.97 Å². The Balaban J connectivity index is 2.37. The SMILES string of the molecule is [N-]=[N+]=NCc1ccc(-c2ccccc2C(=O)O)cc1. The van der Waals surface area contributed by atoms with Crippen LogP contribution >= 0.6 is 0 Å². The highest BCUT2D eigenvalue weighted by Crippen LogP contribution is 2.24. The molecule has 5 heteroatoms. The van der Waals surface area contributed by atoms with E-state index >= 15 is 0 Å². The molecule has 0 heterocycles. The molecular formula is C14H11N3O2. The second-order valence-electron chi connectivity index (χ2n) is 3.94. The van der Waals surface area contributed by atoms with E-state index in [1.165, 1.54) is 0 Å². The second kappa shape index (κ2) is 5.71. The first kappa shape index (κ1) is 12.7. The number of aromatic carboxylic acids is 1. The predicted molar refractivity (Wildman–Crippen MR) is 71.7 cm³/mol. The molecule has 94 valence electrons. The number of rotatable bonds is 4. The second-order valence-corrected chi connectivity index (χ2v) is 3.94. The van der Waals surface area contributed by atoms with E-state index in [4.69, 9.17) is 10.6 Å². The van der Waals surface area contributed by atoms with Crippen LogP contribution in [-0.2, 0) is 6.54 Å². The average molecular weight is 253 g/mol. The minimum absolute atomic E-state index is 0.269. The molecule has 0 fully saturated rings. The maximum Gasteiger partial charge on any atom is 0.336 e. The molecule has 5 nitrogen and oxygen atoms in total. The Morgan fingerprint density at radius 3 is 2.47 bits per heavy atom. The van der Waals surface area contributed by atoms with E-state index in [1.54, 1.807) is 24.3 Å².